The summed E-state index contributed by atoms with van der Waals surface area (Å²) in [6.45, 7) is 21.2. The topological polar surface area (TPSA) is 76.7 Å². The normalized spacial score (nSPS) is 49.8. The van der Waals surface area contributed by atoms with Crippen molar-refractivity contribution >= 4 is 0 Å². The van der Waals surface area contributed by atoms with E-state index in [1.807, 2.05) is 0 Å². The maximum atomic E-state index is 9.42. The standard InChI is InChI=1S/C37H64N2O3/c1-25(23-39-20-21-40)26-12-17-37(24-42-31-9-7-8-22-41-31)19-18-35(5)27(32(26)37)10-11-29-34(4)15-14-30(38)33(2,3)28(34)13-16-36(29,35)6/h26-32,39-40H,1,7-24,38H2,2-6H3/t26-,27+,28-,29+,30?,31?,32+,34-,35+,36+,37+/m0/s1. The van der Waals surface area contributed by atoms with Gasteiger partial charge in [-0.2, -0.15) is 0 Å². The second kappa shape index (κ2) is 11.4. The third-order valence-electron chi connectivity index (χ3n) is 15.6. The largest absolute Gasteiger partial charge is 0.395 e. The Morgan fingerprint density at radius 3 is 2.45 bits per heavy atom. The summed E-state index contributed by atoms with van der Waals surface area (Å²) >= 11 is 0. The van der Waals surface area contributed by atoms with E-state index in [9.17, 15) is 5.11 Å². The molecule has 11 atom stereocenters. The third kappa shape index (κ3) is 4.72. The van der Waals surface area contributed by atoms with Crippen LogP contribution < -0.4 is 11.1 Å². The van der Waals surface area contributed by atoms with Crippen molar-refractivity contribution in [2.75, 3.05) is 32.9 Å². The summed E-state index contributed by atoms with van der Waals surface area (Å²) in [7, 11) is 0. The summed E-state index contributed by atoms with van der Waals surface area (Å²) in [5, 5.41) is 12.9. The van der Waals surface area contributed by atoms with Crippen LogP contribution in [-0.4, -0.2) is 50.3 Å². The molecule has 42 heavy (non-hydrogen) atoms. The van der Waals surface area contributed by atoms with Gasteiger partial charge in [-0.05, 0) is 140 Å². The van der Waals surface area contributed by atoms with Gasteiger partial charge in [0.15, 0.2) is 6.29 Å². The molecule has 5 heteroatoms. The van der Waals surface area contributed by atoms with Gasteiger partial charge in [0.25, 0.3) is 0 Å². The highest BCUT2D eigenvalue weighted by Gasteiger charge is 2.70. The van der Waals surface area contributed by atoms with Crippen LogP contribution in [0.2, 0.25) is 0 Å². The molecular formula is C37H64N2O3. The second-order valence-corrected chi connectivity index (χ2v) is 17.3. The molecule has 6 fully saturated rings. The van der Waals surface area contributed by atoms with Gasteiger partial charge >= 0.3 is 0 Å². The van der Waals surface area contributed by atoms with E-state index in [4.69, 9.17) is 21.8 Å². The van der Waals surface area contributed by atoms with Crippen LogP contribution >= 0.6 is 0 Å². The van der Waals surface area contributed by atoms with E-state index in [1.54, 1.807) is 0 Å². The van der Waals surface area contributed by atoms with Gasteiger partial charge in [0.2, 0.25) is 0 Å². The number of hydrogen-bond donors (Lipinski definition) is 3. The molecule has 1 aliphatic heterocycles. The summed E-state index contributed by atoms with van der Waals surface area (Å²) in [5.74, 6) is 3.39. The fourth-order valence-electron chi connectivity index (χ4n) is 13.0. The molecule has 6 aliphatic rings. The Bertz CT molecular complexity index is 993. The Hall–Kier alpha value is -0.460. The van der Waals surface area contributed by atoms with Crippen molar-refractivity contribution in [3.63, 3.8) is 0 Å². The molecule has 1 heterocycles. The molecule has 0 radical (unpaired) electrons. The molecule has 0 bridgehead atoms. The summed E-state index contributed by atoms with van der Waals surface area (Å²) < 4.78 is 12.8. The minimum absolute atomic E-state index is 0.0138. The maximum Gasteiger partial charge on any atom is 0.157 e. The fraction of sp³-hybridized carbons (Fsp3) is 0.946. The van der Waals surface area contributed by atoms with Crippen LogP contribution in [0.4, 0.5) is 0 Å². The first-order valence-corrected chi connectivity index (χ1v) is 17.9. The van der Waals surface area contributed by atoms with Gasteiger partial charge < -0.3 is 25.6 Å². The number of ether oxygens (including phenoxy) is 2. The fourth-order valence-corrected chi connectivity index (χ4v) is 13.0. The predicted octanol–water partition coefficient (Wildman–Crippen LogP) is 7.08. The molecule has 5 saturated carbocycles. The van der Waals surface area contributed by atoms with Crippen molar-refractivity contribution in [2.24, 2.45) is 62.4 Å². The number of rotatable bonds is 8. The van der Waals surface area contributed by atoms with Gasteiger partial charge in [-0.3, -0.25) is 0 Å². The SMILES string of the molecule is C=C(CNCCO)[C@@H]1CC[C@]2(COC3CCCCO3)CC[C@]3(C)[C@H](CC[C@@H]4[C@@]5(C)CCC(N)C(C)(C)[C@@H]5CC[C@]43C)[C@@H]12. The summed E-state index contributed by atoms with van der Waals surface area (Å²) in [4.78, 5) is 0. The first kappa shape index (κ1) is 31.5. The van der Waals surface area contributed by atoms with Crippen LogP contribution in [0, 0.1) is 56.7 Å². The number of nitrogens with two attached hydrogens (primary N) is 1. The Labute approximate surface area is 257 Å². The van der Waals surface area contributed by atoms with E-state index < -0.39 is 0 Å². The molecule has 0 aromatic heterocycles. The number of fused-ring (bicyclic) bond motifs is 7. The first-order chi connectivity index (χ1) is 19.9. The number of aliphatic hydroxyl groups is 1. The Morgan fingerprint density at radius 2 is 1.71 bits per heavy atom. The summed E-state index contributed by atoms with van der Waals surface area (Å²) in [6, 6.07) is 0.333. The van der Waals surface area contributed by atoms with E-state index in [2.05, 4.69) is 39.9 Å². The highest BCUT2D eigenvalue weighted by Crippen LogP contribution is 2.77. The van der Waals surface area contributed by atoms with Crippen molar-refractivity contribution in [3.8, 4) is 0 Å². The lowest BCUT2D eigenvalue weighted by Crippen LogP contribution is -2.67. The zero-order valence-corrected chi connectivity index (χ0v) is 27.8. The lowest BCUT2D eigenvalue weighted by atomic mass is 9.32. The second-order valence-electron chi connectivity index (χ2n) is 17.3. The average Bonchev–Trinajstić information content (AvgIpc) is 3.35. The molecule has 0 aromatic rings. The number of nitrogens with one attached hydrogen (secondary N) is 1. The van der Waals surface area contributed by atoms with Crippen LogP contribution in [0.5, 0.6) is 0 Å². The molecule has 0 aromatic carbocycles. The molecule has 5 aliphatic carbocycles. The monoisotopic (exact) mass is 584 g/mol. The Balaban J connectivity index is 1.31. The van der Waals surface area contributed by atoms with E-state index in [0.717, 1.165) is 38.0 Å². The summed E-state index contributed by atoms with van der Waals surface area (Å²) in [5.41, 5.74) is 9.72. The van der Waals surface area contributed by atoms with Crippen molar-refractivity contribution in [1.82, 2.24) is 5.32 Å². The van der Waals surface area contributed by atoms with E-state index >= 15 is 0 Å². The van der Waals surface area contributed by atoms with Crippen LogP contribution in [0.1, 0.15) is 118 Å². The van der Waals surface area contributed by atoms with Gasteiger partial charge in [-0.25, -0.2) is 0 Å². The molecule has 6 rings (SSSR count). The molecule has 0 amide bonds. The van der Waals surface area contributed by atoms with Gasteiger partial charge in [-0.1, -0.05) is 46.8 Å². The number of hydrogen-bond acceptors (Lipinski definition) is 5. The van der Waals surface area contributed by atoms with Crippen LogP contribution in [0.3, 0.4) is 0 Å². The zero-order chi connectivity index (χ0) is 30.0. The lowest BCUT2D eigenvalue weighted by molar-refractivity contribution is -0.249. The number of aliphatic hydroxyl groups excluding tert-OH is 1. The van der Waals surface area contributed by atoms with Gasteiger partial charge in [0.05, 0.1) is 13.2 Å². The van der Waals surface area contributed by atoms with Crippen LogP contribution in [0.15, 0.2) is 12.2 Å². The van der Waals surface area contributed by atoms with Crippen molar-refractivity contribution in [2.45, 2.75) is 130 Å². The smallest absolute Gasteiger partial charge is 0.157 e. The van der Waals surface area contributed by atoms with Crippen LogP contribution in [-0.2, 0) is 9.47 Å². The highest BCUT2D eigenvalue weighted by atomic mass is 16.7. The van der Waals surface area contributed by atoms with E-state index in [1.165, 1.54) is 82.6 Å². The molecule has 5 nitrogen and oxygen atoms in total. The molecule has 0 spiro atoms. The van der Waals surface area contributed by atoms with Crippen molar-refractivity contribution in [1.29, 1.82) is 0 Å². The third-order valence-corrected chi connectivity index (χ3v) is 15.6. The molecule has 2 unspecified atom stereocenters. The Kier molecular flexibility index (Phi) is 8.56. The first-order valence-electron chi connectivity index (χ1n) is 17.9. The van der Waals surface area contributed by atoms with Gasteiger partial charge in [-0.15, -0.1) is 0 Å². The van der Waals surface area contributed by atoms with E-state index in [-0.39, 0.29) is 23.7 Å². The molecule has 240 valence electrons. The minimum Gasteiger partial charge on any atom is -0.395 e. The molecule has 4 N–H and O–H groups in total. The predicted molar refractivity (Wildman–Crippen MR) is 171 cm³/mol. The zero-order valence-electron chi connectivity index (χ0n) is 27.8. The van der Waals surface area contributed by atoms with Gasteiger partial charge in [0, 0.05) is 25.7 Å². The Morgan fingerprint density at radius 1 is 0.905 bits per heavy atom. The summed E-state index contributed by atoms with van der Waals surface area (Å²) in [6.07, 6.45) is 16.4. The van der Waals surface area contributed by atoms with Crippen molar-refractivity contribution in [3.05, 3.63) is 12.2 Å². The minimum atomic E-state index is -0.0138. The van der Waals surface area contributed by atoms with Gasteiger partial charge in [0.1, 0.15) is 0 Å². The quantitative estimate of drug-likeness (QED) is 0.210. The molecule has 1 saturated heterocycles. The average molecular weight is 585 g/mol. The van der Waals surface area contributed by atoms with Crippen LogP contribution in [0.25, 0.3) is 0 Å². The molecular weight excluding hydrogens is 520 g/mol. The van der Waals surface area contributed by atoms with Crippen molar-refractivity contribution < 1.29 is 14.6 Å². The lowest BCUT2D eigenvalue weighted by Gasteiger charge is -2.73. The van der Waals surface area contributed by atoms with E-state index in [0.29, 0.717) is 46.6 Å². The maximum absolute atomic E-state index is 9.42. The highest BCUT2D eigenvalue weighted by molar-refractivity contribution is 5.22.